The van der Waals surface area contributed by atoms with Gasteiger partial charge in [0.1, 0.15) is 6.04 Å². The summed E-state index contributed by atoms with van der Waals surface area (Å²) in [6.07, 6.45) is 5.51. The van der Waals surface area contributed by atoms with E-state index in [1.54, 1.807) is 18.2 Å². The van der Waals surface area contributed by atoms with Crippen molar-refractivity contribution in [1.29, 1.82) is 0 Å². The molecule has 2 aromatic rings. The third-order valence-electron chi connectivity index (χ3n) is 6.52. The van der Waals surface area contributed by atoms with E-state index in [4.69, 9.17) is 23.2 Å². The fourth-order valence-corrected chi connectivity index (χ4v) is 5.87. The fraction of sp³-hybridized carbons (Fsp3) is 0.462. The summed E-state index contributed by atoms with van der Waals surface area (Å²) < 4.78 is 27.1. The third kappa shape index (κ3) is 7.22. The summed E-state index contributed by atoms with van der Waals surface area (Å²) in [5, 5.41) is 3.99. The van der Waals surface area contributed by atoms with Crippen molar-refractivity contribution in [3.63, 3.8) is 0 Å². The monoisotopic (exact) mass is 553 g/mol. The van der Waals surface area contributed by atoms with E-state index in [-0.39, 0.29) is 23.4 Å². The van der Waals surface area contributed by atoms with Crippen LogP contribution in [0.1, 0.15) is 51.0 Å². The van der Waals surface area contributed by atoms with Gasteiger partial charge in [0, 0.05) is 29.7 Å². The van der Waals surface area contributed by atoms with Crippen LogP contribution >= 0.6 is 23.2 Å². The highest BCUT2D eigenvalue weighted by molar-refractivity contribution is 7.89. The van der Waals surface area contributed by atoms with Gasteiger partial charge in [-0.2, -0.15) is 4.31 Å². The highest BCUT2D eigenvalue weighted by Crippen LogP contribution is 2.23. The molecule has 0 saturated heterocycles. The summed E-state index contributed by atoms with van der Waals surface area (Å²) in [7, 11) is -2.59. The Bertz CT molecular complexity index is 1150. The van der Waals surface area contributed by atoms with Crippen LogP contribution in [0.2, 0.25) is 10.0 Å². The number of carbonyl (C=O) groups is 2. The Morgan fingerprint density at radius 1 is 1.03 bits per heavy atom. The van der Waals surface area contributed by atoms with Crippen LogP contribution in [0.3, 0.4) is 0 Å². The maximum Gasteiger partial charge on any atom is 0.243 e. The normalized spacial score (nSPS) is 15.5. The molecule has 196 valence electrons. The van der Waals surface area contributed by atoms with Crippen LogP contribution in [0.5, 0.6) is 0 Å². The fourth-order valence-electron chi connectivity index (χ4n) is 4.43. The molecule has 2 amide bonds. The van der Waals surface area contributed by atoms with Crippen molar-refractivity contribution in [2.45, 2.75) is 69.0 Å². The van der Waals surface area contributed by atoms with Gasteiger partial charge in [0.15, 0.2) is 0 Å². The first-order valence-corrected chi connectivity index (χ1v) is 14.4. The predicted molar refractivity (Wildman–Crippen MR) is 142 cm³/mol. The predicted octanol–water partition coefficient (Wildman–Crippen LogP) is 4.87. The summed E-state index contributed by atoms with van der Waals surface area (Å²) in [5.74, 6) is -0.714. The first-order valence-electron chi connectivity index (χ1n) is 12.2. The molecule has 1 N–H and O–H groups in total. The van der Waals surface area contributed by atoms with Gasteiger partial charge >= 0.3 is 0 Å². The van der Waals surface area contributed by atoms with Crippen molar-refractivity contribution in [2.75, 3.05) is 13.6 Å². The van der Waals surface area contributed by atoms with Crippen LogP contribution < -0.4 is 5.32 Å². The lowest BCUT2D eigenvalue weighted by Crippen LogP contribution is -2.53. The second-order valence-electron chi connectivity index (χ2n) is 9.10. The van der Waals surface area contributed by atoms with E-state index in [0.717, 1.165) is 36.4 Å². The summed E-state index contributed by atoms with van der Waals surface area (Å²) in [6.45, 7) is 1.50. The van der Waals surface area contributed by atoms with Crippen LogP contribution in [0.25, 0.3) is 0 Å². The maximum atomic E-state index is 13.6. The number of nitrogens with one attached hydrogen (secondary N) is 1. The van der Waals surface area contributed by atoms with E-state index >= 15 is 0 Å². The Hall–Kier alpha value is -2.13. The quantitative estimate of drug-likeness (QED) is 0.454. The van der Waals surface area contributed by atoms with Crippen molar-refractivity contribution >= 4 is 45.0 Å². The van der Waals surface area contributed by atoms with E-state index in [9.17, 15) is 18.0 Å². The largest absolute Gasteiger partial charge is 0.352 e. The molecule has 3 rings (SSSR count). The van der Waals surface area contributed by atoms with E-state index in [0.29, 0.717) is 22.0 Å². The molecule has 1 fully saturated rings. The van der Waals surface area contributed by atoms with E-state index in [1.807, 2.05) is 13.0 Å². The number of hydrogen-bond donors (Lipinski definition) is 1. The van der Waals surface area contributed by atoms with E-state index < -0.39 is 28.5 Å². The molecule has 2 aromatic carbocycles. The average Bonchev–Trinajstić information content (AvgIpc) is 2.85. The van der Waals surface area contributed by atoms with Gasteiger partial charge in [0.05, 0.1) is 11.4 Å². The molecule has 0 aliphatic heterocycles. The minimum atomic E-state index is -3.94. The van der Waals surface area contributed by atoms with Crippen molar-refractivity contribution in [3.05, 3.63) is 64.1 Å². The van der Waals surface area contributed by atoms with E-state index in [2.05, 4.69) is 5.32 Å². The molecule has 1 aliphatic rings. The molecule has 0 heterocycles. The summed E-state index contributed by atoms with van der Waals surface area (Å²) in [6, 6.07) is 12.2. The zero-order valence-corrected chi connectivity index (χ0v) is 23.0. The van der Waals surface area contributed by atoms with Crippen molar-refractivity contribution in [3.8, 4) is 0 Å². The number of amides is 2. The first-order chi connectivity index (χ1) is 17.1. The minimum absolute atomic E-state index is 0.0296. The van der Waals surface area contributed by atoms with Gasteiger partial charge in [-0.15, -0.1) is 0 Å². The molecule has 1 saturated carbocycles. The summed E-state index contributed by atoms with van der Waals surface area (Å²) in [5.41, 5.74) is 0.680. The lowest BCUT2D eigenvalue weighted by molar-refractivity contribution is -0.141. The van der Waals surface area contributed by atoms with Gasteiger partial charge in [-0.25, -0.2) is 8.42 Å². The van der Waals surface area contributed by atoms with Crippen LogP contribution in [-0.2, 0) is 26.2 Å². The molecule has 0 radical (unpaired) electrons. The Morgan fingerprint density at radius 3 is 2.28 bits per heavy atom. The summed E-state index contributed by atoms with van der Waals surface area (Å²) >= 11 is 12.3. The number of rotatable bonds is 10. The number of halogens is 2. The van der Waals surface area contributed by atoms with E-state index in [1.165, 1.54) is 36.2 Å². The SMILES string of the molecule is CC[C@@H](C(=O)NC1CCCCC1)N(Cc1ccccc1Cl)C(=O)CN(C)S(=O)(=O)c1ccc(Cl)cc1. The van der Waals surface area contributed by atoms with Crippen molar-refractivity contribution in [2.24, 2.45) is 0 Å². The Labute approximate surface area is 223 Å². The smallest absolute Gasteiger partial charge is 0.243 e. The zero-order chi connectivity index (χ0) is 26.3. The van der Waals surface area contributed by atoms with Crippen LogP contribution in [0, 0.1) is 0 Å². The lowest BCUT2D eigenvalue weighted by Gasteiger charge is -2.33. The molecule has 0 unspecified atom stereocenters. The average molecular weight is 555 g/mol. The molecule has 0 aromatic heterocycles. The second-order valence-corrected chi connectivity index (χ2v) is 12.0. The molecule has 10 heteroatoms. The van der Waals surface area contributed by atoms with Crippen molar-refractivity contribution < 1.29 is 18.0 Å². The van der Waals surface area contributed by atoms with Gasteiger partial charge in [-0.1, -0.05) is 67.6 Å². The number of hydrogen-bond acceptors (Lipinski definition) is 4. The van der Waals surface area contributed by atoms with Crippen LogP contribution in [-0.4, -0.2) is 55.1 Å². The Morgan fingerprint density at radius 2 is 1.67 bits per heavy atom. The number of nitrogens with zero attached hydrogens (tertiary/aromatic N) is 2. The van der Waals surface area contributed by atoms with Gasteiger partial charge in [-0.05, 0) is 55.2 Å². The minimum Gasteiger partial charge on any atom is -0.352 e. The zero-order valence-electron chi connectivity index (χ0n) is 20.6. The molecule has 0 bridgehead atoms. The number of benzene rings is 2. The van der Waals surface area contributed by atoms with Gasteiger partial charge < -0.3 is 10.2 Å². The van der Waals surface area contributed by atoms with Crippen molar-refractivity contribution in [1.82, 2.24) is 14.5 Å². The highest BCUT2D eigenvalue weighted by Gasteiger charge is 2.33. The standard InChI is InChI=1S/C26H33Cl2N3O4S/c1-3-24(26(33)29-21-10-5-4-6-11-21)31(17-19-9-7-8-12-23(19)28)25(32)18-30(2)36(34,35)22-15-13-20(27)14-16-22/h7-9,12-16,21,24H,3-6,10-11,17-18H2,1-2H3,(H,29,33)/t24-/m0/s1. The molecule has 1 aliphatic carbocycles. The molecular weight excluding hydrogens is 521 g/mol. The summed E-state index contributed by atoms with van der Waals surface area (Å²) in [4.78, 5) is 28.4. The van der Waals surface area contributed by atoms with Gasteiger partial charge in [-0.3, -0.25) is 9.59 Å². The Kier molecular flexibility index (Phi) is 10.2. The Balaban J connectivity index is 1.84. The third-order valence-corrected chi connectivity index (χ3v) is 8.95. The lowest BCUT2D eigenvalue weighted by atomic mass is 9.95. The molecular formula is C26H33Cl2N3O4S. The molecule has 7 nitrogen and oxygen atoms in total. The highest BCUT2D eigenvalue weighted by atomic mass is 35.5. The first kappa shape index (κ1) is 28.4. The number of likely N-dealkylation sites (N-methyl/N-ethyl adjacent to an activating group) is 1. The number of sulfonamides is 1. The van der Waals surface area contributed by atoms with Crippen LogP contribution in [0.4, 0.5) is 0 Å². The number of carbonyl (C=O) groups excluding carboxylic acids is 2. The van der Waals surface area contributed by atoms with Gasteiger partial charge in [0.25, 0.3) is 0 Å². The molecule has 1 atom stereocenters. The molecule has 0 spiro atoms. The second kappa shape index (κ2) is 12.9. The maximum absolute atomic E-state index is 13.6. The topological polar surface area (TPSA) is 86.8 Å². The molecule has 36 heavy (non-hydrogen) atoms. The van der Waals surface area contributed by atoms with Gasteiger partial charge in [0.2, 0.25) is 21.8 Å². The van der Waals surface area contributed by atoms with Crippen LogP contribution in [0.15, 0.2) is 53.4 Å².